The molecular weight excluding hydrogens is 360 g/mol. The van der Waals surface area contributed by atoms with Crippen molar-refractivity contribution in [2.75, 3.05) is 6.54 Å². The lowest BCUT2D eigenvalue weighted by molar-refractivity contribution is -0.124. The van der Waals surface area contributed by atoms with Crippen molar-refractivity contribution < 1.29 is 9.53 Å². The number of nitrogens with one attached hydrogen (secondary N) is 3. The van der Waals surface area contributed by atoms with E-state index in [2.05, 4.69) is 20.6 Å². The van der Waals surface area contributed by atoms with Gasteiger partial charge in [0.05, 0.1) is 28.8 Å². The number of carbonyl (C=O) groups is 1. The van der Waals surface area contributed by atoms with Crippen molar-refractivity contribution in [3.05, 3.63) is 45.5 Å². The molecule has 1 amide bonds. The normalized spacial score (nSPS) is 16.6. The van der Waals surface area contributed by atoms with Crippen LogP contribution in [0.1, 0.15) is 17.8 Å². The van der Waals surface area contributed by atoms with Gasteiger partial charge in [-0.1, -0.05) is 11.6 Å². The molecule has 1 unspecified atom stereocenters. The van der Waals surface area contributed by atoms with Crippen LogP contribution in [0, 0.1) is 0 Å². The molecule has 3 aromatic rings. The van der Waals surface area contributed by atoms with E-state index in [4.69, 9.17) is 16.3 Å². The first-order valence-electron chi connectivity index (χ1n) is 8.01. The van der Waals surface area contributed by atoms with Crippen LogP contribution in [0.15, 0.2) is 29.1 Å². The number of aromatic amines is 1. The Morgan fingerprint density at radius 1 is 1.44 bits per heavy atom. The molecule has 1 aliphatic heterocycles. The Balaban J connectivity index is 1.45. The van der Waals surface area contributed by atoms with Gasteiger partial charge in [0, 0.05) is 28.0 Å². The van der Waals surface area contributed by atoms with Crippen LogP contribution in [0.2, 0.25) is 5.02 Å². The van der Waals surface area contributed by atoms with Crippen molar-refractivity contribution in [3.63, 3.8) is 0 Å². The van der Waals surface area contributed by atoms with Crippen molar-refractivity contribution in [2.45, 2.75) is 25.6 Å². The second kappa shape index (κ2) is 7.03. The second-order valence-corrected chi connectivity index (χ2v) is 7.07. The second-order valence-electron chi connectivity index (χ2n) is 5.95. The maximum absolute atomic E-state index is 11.9. The van der Waals surface area contributed by atoms with Gasteiger partial charge in [-0.25, -0.2) is 4.98 Å². The fourth-order valence-corrected chi connectivity index (χ4v) is 3.45. The highest BCUT2D eigenvalue weighted by atomic mass is 35.5. The third kappa shape index (κ3) is 3.63. The first-order valence-corrected chi connectivity index (χ1v) is 9.33. The minimum Gasteiger partial charge on any atom is -0.486 e. The first-order chi connectivity index (χ1) is 12.2. The van der Waals surface area contributed by atoms with Crippen molar-refractivity contribution in [2.24, 2.45) is 0 Å². The number of benzene rings is 1. The summed E-state index contributed by atoms with van der Waals surface area (Å²) in [6, 6.07) is 5.68. The van der Waals surface area contributed by atoms with Crippen LogP contribution in [0.25, 0.3) is 10.9 Å². The number of fused-ring (bicyclic) bond motifs is 1. The van der Waals surface area contributed by atoms with Gasteiger partial charge in [0.25, 0.3) is 0 Å². The van der Waals surface area contributed by atoms with Crippen LogP contribution in [0.3, 0.4) is 0 Å². The van der Waals surface area contributed by atoms with Gasteiger partial charge in [-0.2, -0.15) is 0 Å². The van der Waals surface area contributed by atoms with E-state index >= 15 is 0 Å². The van der Waals surface area contributed by atoms with E-state index in [0.29, 0.717) is 23.9 Å². The molecule has 1 aromatic carbocycles. The summed E-state index contributed by atoms with van der Waals surface area (Å²) in [5, 5.41) is 9.50. The number of hydrogen-bond acceptors (Lipinski definition) is 5. The summed E-state index contributed by atoms with van der Waals surface area (Å²) in [7, 11) is 0. The summed E-state index contributed by atoms with van der Waals surface area (Å²) >= 11 is 7.84. The number of rotatable bonds is 6. The zero-order valence-corrected chi connectivity index (χ0v) is 14.9. The monoisotopic (exact) mass is 376 g/mol. The summed E-state index contributed by atoms with van der Waals surface area (Å²) in [6.45, 7) is 1.75. The fraction of sp³-hybridized carbons (Fsp3) is 0.294. The lowest BCUT2D eigenvalue weighted by Crippen LogP contribution is -2.52. The summed E-state index contributed by atoms with van der Waals surface area (Å²) in [5.74, 6) is 0.647. The van der Waals surface area contributed by atoms with Crippen LogP contribution >= 0.6 is 22.9 Å². The van der Waals surface area contributed by atoms with E-state index < -0.39 is 0 Å². The maximum atomic E-state index is 11.9. The minimum absolute atomic E-state index is 0.0372. The topological polar surface area (TPSA) is 79.0 Å². The lowest BCUT2D eigenvalue weighted by Gasteiger charge is -2.26. The Labute approximate surface area is 153 Å². The molecule has 0 spiro atoms. The molecule has 2 aromatic heterocycles. The third-order valence-electron chi connectivity index (χ3n) is 4.18. The number of amides is 1. The molecule has 3 N–H and O–H groups in total. The number of H-pyrrole nitrogens is 1. The molecule has 8 heteroatoms. The number of ether oxygens (including phenoxy) is 1. The zero-order valence-electron chi connectivity index (χ0n) is 13.3. The van der Waals surface area contributed by atoms with E-state index in [1.54, 1.807) is 5.51 Å². The average Bonchev–Trinajstić information content (AvgIpc) is 3.17. The van der Waals surface area contributed by atoms with E-state index in [-0.39, 0.29) is 11.9 Å². The van der Waals surface area contributed by atoms with E-state index in [0.717, 1.165) is 35.3 Å². The van der Waals surface area contributed by atoms with Crippen LogP contribution in [0.4, 0.5) is 0 Å². The van der Waals surface area contributed by atoms with Gasteiger partial charge in [-0.3, -0.25) is 4.79 Å². The van der Waals surface area contributed by atoms with Crippen molar-refractivity contribution in [1.29, 1.82) is 0 Å². The van der Waals surface area contributed by atoms with Crippen LogP contribution in [0.5, 0.6) is 5.75 Å². The van der Waals surface area contributed by atoms with Crippen molar-refractivity contribution >= 4 is 39.7 Å². The molecule has 1 atom stereocenters. The molecule has 1 saturated heterocycles. The Hall–Kier alpha value is -2.09. The third-order valence-corrected chi connectivity index (χ3v) is 5.11. The number of carbonyl (C=O) groups excluding carboxylic acids is 1. The highest BCUT2D eigenvalue weighted by molar-refractivity contribution is 7.07. The highest BCUT2D eigenvalue weighted by Gasteiger charge is 2.23. The largest absolute Gasteiger partial charge is 0.486 e. The quantitative estimate of drug-likeness (QED) is 0.618. The molecule has 3 heterocycles. The van der Waals surface area contributed by atoms with Gasteiger partial charge in [-0.15, -0.1) is 11.3 Å². The zero-order chi connectivity index (χ0) is 17.2. The van der Waals surface area contributed by atoms with E-state index in [1.165, 1.54) is 11.3 Å². The van der Waals surface area contributed by atoms with E-state index in [9.17, 15) is 4.79 Å². The molecule has 1 fully saturated rings. The van der Waals surface area contributed by atoms with Crippen LogP contribution < -0.4 is 15.4 Å². The summed E-state index contributed by atoms with van der Waals surface area (Å²) in [6.07, 6.45) is 0.897. The summed E-state index contributed by atoms with van der Waals surface area (Å²) in [5.41, 5.74) is 4.49. The molecular formula is C17H17ClN4O2S. The Kier molecular flexibility index (Phi) is 4.61. The van der Waals surface area contributed by atoms with Gasteiger partial charge >= 0.3 is 0 Å². The molecule has 25 heavy (non-hydrogen) atoms. The molecule has 130 valence electrons. The Bertz CT molecular complexity index is 890. The smallest absolute Gasteiger partial charge is 0.237 e. The first kappa shape index (κ1) is 16.4. The molecule has 0 bridgehead atoms. The molecule has 0 saturated carbocycles. The summed E-state index contributed by atoms with van der Waals surface area (Å²) < 4.78 is 5.76. The van der Waals surface area contributed by atoms with Crippen molar-refractivity contribution in [3.8, 4) is 5.75 Å². The fourth-order valence-electron chi connectivity index (χ4n) is 2.68. The van der Waals surface area contributed by atoms with E-state index in [1.807, 2.05) is 23.6 Å². The maximum Gasteiger partial charge on any atom is 0.237 e. The number of nitrogens with zero attached hydrogens (tertiary/aromatic N) is 1. The van der Waals surface area contributed by atoms with Gasteiger partial charge in [0.15, 0.2) is 0 Å². The van der Waals surface area contributed by atoms with Gasteiger partial charge in [0.2, 0.25) is 5.91 Å². The molecule has 0 aliphatic carbocycles. The Morgan fingerprint density at radius 3 is 3.04 bits per heavy atom. The van der Waals surface area contributed by atoms with Gasteiger partial charge in [-0.05, 0) is 25.1 Å². The Morgan fingerprint density at radius 2 is 2.32 bits per heavy atom. The molecule has 6 nitrogen and oxygen atoms in total. The number of thiazole rings is 1. The van der Waals surface area contributed by atoms with Crippen molar-refractivity contribution in [1.82, 2.24) is 20.6 Å². The molecule has 4 rings (SSSR count). The van der Waals surface area contributed by atoms with Crippen LogP contribution in [-0.4, -0.2) is 28.5 Å². The number of aromatic nitrogens is 2. The molecule has 1 aliphatic rings. The highest BCUT2D eigenvalue weighted by Crippen LogP contribution is 2.31. The molecule has 0 radical (unpaired) electrons. The number of halogens is 1. The van der Waals surface area contributed by atoms with Gasteiger partial charge in [0.1, 0.15) is 12.4 Å². The standard InChI is InChI=1S/C17H17ClN4O2S/c18-13-4-10-3-11(6-20-17(23)14-1-2-19-14)22-15(10)5-16(13)24-7-12-8-25-9-21-12/h3-5,8-9,14,19,22H,1-2,6-7H2,(H,20,23). The SMILES string of the molecule is O=C(NCc1cc2cc(Cl)c(OCc3cscn3)cc2[nH]1)C1CCN1. The lowest BCUT2D eigenvalue weighted by atomic mass is 10.1. The predicted molar refractivity (Wildman–Crippen MR) is 98.0 cm³/mol. The van der Waals surface area contributed by atoms with Gasteiger partial charge < -0.3 is 20.4 Å². The minimum atomic E-state index is -0.0514. The average molecular weight is 377 g/mol. The summed E-state index contributed by atoms with van der Waals surface area (Å²) in [4.78, 5) is 19.4. The predicted octanol–water partition coefficient (Wildman–Crippen LogP) is 2.83. The number of hydrogen-bond donors (Lipinski definition) is 3. The van der Waals surface area contributed by atoms with Crippen LogP contribution in [-0.2, 0) is 17.9 Å².